The van der Waals surface area contributed by atoms with E-state index in [1.807, 2.05) is 0 Å². The second-order valence-electron chi connectivity index (χ2n) is 6.78. The lowest BCUT2D eigenvalue weighted by atomic mass is 10.1. The van der Waals surface area contributed by atoms with Gasteiger partial charge < -0.3 is 14.8 Å². The molecule has 0 unspecified atom stereocenters. The van der Waals surface area contributed by atoms with E-state index in [9.17, 15) is 13.2 Å². The zero-order valence-electron chi connectivity index (χ0n) is 16.5. The first-order valence-electron chi connectivity index (χ1n) is 8.97. The molecule has 2 heterocycles. The van der Waals surface area contributed by atoms with Gasteiger partial charge in [0, 0.05) is 10.9 Å². The molecule has 2 N–H and O–H groups in total. The van der Waals surface area contributed by atoms with Crippen LogP contribution < -0.4 is 19.5 Å². The molecule has 2 aromatic carbocycles. The Morgan fingerprint density at radius 2 is 2.00 bits per heavy atom. The highest BCUT2D eigenvalue weighted by Gasteiger charge is 2.21. The van der Waals surface area contributed by atoms with Gasteiger partial charge in [0.2, 0.25) is 0 Å². The Balaban J connectivity index is 1.60. The minimum Gasteiger partial charge on any atom is -0.496 e. The maximum absolute atomic E-state index is 12.9. The van der Waals surface area contributed by atoms with E-state index in [1.54, 1.807) is 56.7 Å². The van der Waals surface area contributed by atoms with Crippen LogP contribution in [0.3, 0.4) is 0 Å². The number of benzene rings is 2. The predicted molar refractivity (Wildman–Crippen MR) is 115 cm³/mol. The van der Waals surface area contributed by atoms with Crippen molar-refractivity contribution in [2.75, 3.05) is 23.8 Å². The third kappa shape index (κ3) is 3.83. The highest BCUT2D eigenvalue weighted by Crippen LogP contribution is 2.34. The van der Waals surface area contributed by atoms with Gasteiger partial charge in [-0.3, -0.25) is 9.52 Å². The number of nitrogens with zero attached hydrogens (tertiary/aromatic N) is 1. The van der Waals surface area contributed by atoms with E-state index in [2.05, 4.69) is 15.0 Å². The van der Waals surface area contributed by atoms with Gasteiger partial charge in [-0.05, 0) is 55.3 Å². The molecule has 1 amide bonds. The van der Waals surface area contributed by atoms with Crippen molar-refractivity contribution in [3.05, 3.63) is 46.8 Å². The lowest BCUT2D eigenvalue weighted by Crippen LogP contribution is -2.25. The van der Waals surface area contributed by atoms with Crippen molar-refractivity contribution in [1.29, 1.82) is 0 Å². The van der Waals surface area contributed by atoms with Crippen molar-refractivity contribution >= 4 is 38.1 Å². The molecule has 0 atom stereocenters. The van der Waals surface area contributed by atoms with Crippen molar-refractivity contribution in [1.82, 2.24) is 4.98 Å². The normalized spacial score (nSPS) is 13.2. The van der Waals surface area contributed by atoms with E-state index in [-0.39, 0.29) is 22.5 Å². The molecule has 156 valence electrons. The Kier molecular flexibility index (Phi) is 5.12. The van der Waals surface area contributed by atoms with Gasteiger partial charge in [-0.1, -0.05) is 0 Å². The summed E-state index contributed by atoms with van der Waals surface area (Å²) < 4.78 is 38.9. The number of carbonyl (C=O) groups excluding carboxylic acids is 1. The fraction of sp³-hybridized carbons (Fsp3) is 0.200. The molecule has 0 spiro atoms. The number of carbonyl (C=O) groups is 1. The van der Waals surface area contributed by atoms with Crippen molar-refractivity contribution in [2.45, 2.75) is 18.7 Å². The van der Waals surface area contributed by atoms with E-state index in [4.69, 9.17) is 9.47 Å². The summed E-state index contributed by atoms with van der Waals surface area (Å²) in [6, 6.07) is 8.58. The van der Waals surface area contributed by atoms with Gasteiger partial charge >= 0.3 is 0 Å². The number of hydrogen-bond donors (Lipinski definition) is 2. The van der Waals surface area contributed by atoms with Crippen LogP contribution in [0.15, 0.2) is 40.6 Å². The second-order valence-corrected chi connectivity index (χ2v) is 9.29. The molecule has 10 heteroatoms. The number of sulfonamides is 1. The second kappa shape index (κ2) is 7.62. The van der Waals surface area contributed by atoms with Crippen LogP contribution in [0.4, 0.5) is 10.8 Å². The topological polar surface area (TPSA) is 107 Å². The third-order valence-electron chi connectivity index (χ3n) is 4.62. The maximum atomic E-state index is 12.9. The Labute approximate surface area is 177 Å². The molecule has 4 rings (SSSR count). The molecular formula is C20H19N3O5S2. The van der Waals surface area contributed by atoms with E-state index in [0.29, 0.717) is 28.4 Å². The average Bonchev–Trinajstić information content (AvgIpc) is 3.16. The number of rotatable bonds is 5. The molecule has 0 saturated heterocycles. The van der Waals surface area contributed by atoms with Crippen LogP contribution in [0.25, 0.3) is 11.3 Å². The molecule has 0 bridgehead atoms. The van der Waals surface area contributed by atoms with Crippen LogP contribution >= 0.6 is 11.3 Å². The summed E-state index contributed by atoms with van der Waals surface area (Å²) in [5.41, 5.74) is 3.18. The van der Waals surface area contributed by atoms with E-state index in [0.717, 1.165) is 11.1 Å². The fourth-order valence-corrected chi connectivity index (χ4v) is 5.42. The zero-order chi connectivity index (χ0) is 21.5. The number of anilines is 2. The van der Waals surface area contributed by atoms with Crippen molar-refractivity contribution in [2.24, 2.45) is 0 Å². The Hall–Kier alpha value is -3.11. The number of hydrogen-bond acceptors (Lipinski definition) is 7. The first-order valence-corrected chi connectivity index (χ1v) is 11.3. The molecule has 0 aliphatic carbocycles. The summed E-state index contributed by atoms with van der Waals surface area (Å²) in [6.07, 6.45) is 0. The summed E-state index contributed by atoms with van der Waals surface area (Å²) in [4.78, 5) is 16.1. The monoisotopic (exact) mass is 445 g/mol. The number of aromatic nitrogens is 1. The highest BCUT2D eigenvalue weighted by molar-refractivity contribution is 7.93. The smallest absolute Gasteiger partial charge is 0.263 e. The van der Waals surface area contributed by atoms with Gasteiger partial charge in [0.05, 0.1) is 23.4 Å². The molecule has 0 fully saturated rings. The molecule has 1 aliphatic heterocycles. The van der Waals surface area contributed by atoms with E-state index >= 15 is 0 Å². The van der Waals surface area contributed by atoms with E-state index in [1.165, 1.54) is 11.3 Å². The lowest BCUT2D eigenvalue weighted by molar-refractivity contribution is -0.118. The summed E-state index contributed by atoms with van der Waals surface area (Å²) in [6.45, 7) is 3.49. The molecule has 3 aromatic rings. The zero-order valence-corrected chi connectivity index (χ0v) is 18.1. The van der Waals surface area contributed by atoms with Crippen LogP contribution in [0, 0.1) is 13.8 Å². The SMILES string of the molecule is COc1cc(C)c(S(=O)(=O)Nc2nc(-c3ccc4c(c3)NC(=O)CO4)cs2)cc1C. The molecular weight excluding hydrogens is 426 g/mol. The molecule has 1 aliphatic rings. The van der Waals surface area contributed by atoms with Crippen LogP contribution in [-0.4, -0.2) is 33.0 Å². The van der Waals surface area contributed by atoms with Gasteiger partial charge in [0.1, 0.15) is 11.5 Å². The Bertz CT molecular complexity index is 1250. The number of aryl methyl sites for hydroxylation is 2. The van der Waals surface area contributed by atoms with Crippen LogP contribution in [0.2, 0.25) is 0 Å². The van der Waals surface area contributed by atoms with Crippen molar-refractivity contribution in [3.8, 4) is 22.8 Å². The standard InChI is InChI=1S/C20H19N3O5S2/c1-11-7-18(12(2)6-17(11)27-3)30(25,26)23-20-22-15(10-29-20)13-4-5-16-14(8-13)21-19(24)9-28-16/h4-8,10H,9H2,1-3H3,(H,21,24)(H,22,23). The summed E-state index contributed by atoms with van der Waals surface area (Å²) in [5, 5.41) is 4.74. The van der Waals surface area contributed by atoms with Gasteiger partial charge in [0.25, 0.3) is 15.9 Å². The first-order chi connectivity index (χ1) is 14.3. The molecule has 0 radical (unpaired) electrons. The number of nitrogens with one attached hydrogen (secondary N) is 2. The minimum atomic E-state index is -3.82. The average molecular weight is 446 g/mol. The summed E-state index contributed by atoms with van der Waals surface area (Å²) >= 11 is 1.18. The molecule has 8 nitrogen and oxygen atoms in total. The van der Waals surface area contributed by atoms with Crippen molar-refractivity contribution < 1.29 is 22.7 Å². The maximum Gasteiger partial charge on any atom is 0.263 e. The fourth-order valence-electron chi connectivity index (χ4n) is 3.14. The van der Waals surface area contributed by atoms with Gasteiger partial charge in [-0.25, -0.2) is 13.4 Å². The first kappa shape index (κ1) is 20.2. The van der Waals surface area contributed by atoms with Crippen LogP contribution in [0.1, 0.15) is 11.1 Å². The van der Waals surface area contributed by atoms with Gasteiger partial charge in [-0.2, -0.15) is 0 Å². The molecule has 0 saturated carbocycles. The third-order valence-corrected chi connectivity index (χ3v) is 6.98. The number of methoxy groups -OCH3 is 1. The predicted octanol–water partition coefficient (Wildman–Crippen LogP) is 3.57. The number of ether oxygens (including phenoxy) is 2. The number of thiazole rings is 1. The highest BCUT2D eigenvalue weighted by atomic mass is 32.2. The summed E-state index contributed by atoms with van der Waals surface area (Å²) in [5.74, 6) is 0.989. The molecule has 1 aromatic heterocycles. The van der Waals surface area contributed by atoms with E-state index < -0.39 is 10.0 Å². The number of amides is 1. The molecule has 30 heavy (non-hydrogen) atoms. The van der Waals surface area contributed by atoms with Gasteiger partial charge in [-0.15, -0.1) is 11.3 Å². The largest absolute Gasteiger partial charge is 0.496 e. The lowest BCUT2D eigenvalue weighted by Gasteiger charge is -2.18. The Morgan fingerprint density at radius 3 is 2.77 bits per heavy atom. The van der Waals surface area contributed by atoms with Crippen LogP contribution in [0.5, 0.6) is 11.5 Å². The Morgan fingerprint density at radius 1 is 1.20 bits per heavy atom. The number of fused-ring (bicyclic) bond motifs is 1. The van der Waals surface area contributed by atoms with Gasteiger partial charge in [0.15, 0.2) is 11.7 Å². The minimum absolute atomic E-state index is 0.0147. The quantitative estimate of drug-likeness (QED) is 0.622. The van der Waals surface area contributed by atoms with Crippen molar-refractivity contribution in [3.63, 3.8) is 0 Å². The van der Waals surface area contributed by atoms with Crippen LogP contribution in [-0.2, 0) is 14.8 Å². The summed E-state index contributed by atoms with van der Waals surface area (Å²) in [7, 11) is -2.27.